The van der Waals surface area contributed by atoms with E-state index in [0.29, 0.717) is 5.92 Å². The quantitative estimate of drug-likeness (QED) is 0.651. The van der Waals surface area contributed by atoms with Crippen molar-refractivity contribution < 1.29 is 9.53 Å². The largest absolute Gasteiger partial charge is 0.462 e. The zero-order valence-corrected chi connectivity index (χ0v) is 9.74. The van der Waals surface area contributed by atoms with Crippen molar-refractivity contribution >= 4 is 5.97 Å². The van der Waals surface area contributed by atoms with Crippen LogP contribution in [0.15, 0.2) is 0 Å². The van der Waals surface area contributed by atoms with Crippen LogP contribution in [0, 0.1) is 11.8 Å². The van der Waals surface area contributed by atoms with Crippen LogP contribution in [0.25, 0.3) is 0 Å². The van der Waals surface area contributed by atoms with Crippen molar-refractivity contribution in [3.05, 3.63) is 0 Å². The van der Waals surface area contributed by atoms with Gasteiger partial charge in [-0.25, -0.2) is 0 Å². The Morgan fingerprint density at radius 3 is 2.47 bits per heavy atom. The SMILES string of the molecule is CC1C(CN2CCCCC2)C(=O)O[C@@H]1C. The van der Waals surface area contributed by atoms with Crippen molar-refractivity contribution in [2.45, 2.75) is 39.2 Å². The molecule has 2 rings (SSSR count). The van der Waals surface area contributed by atoms with Crippen molar-refractivity contribution in [2.24, 2.45) is 11.8 Å². The summed E-state index contributed by atoms with van der Waals surface area (Å²) in [6.45, 7) is 7.35. The molecule has 15 heavy (non-hydrogen) atoms. The number of rotatable bonds is 2. The number of carbonyl (C=O) groups excluding carboxylic acids is 1. The molecular weight excluding hydrogens is 190 g/mol. The van der Waals surface area contributed by atoms with Gasteiger partial charge in [-0.05, 0) is 32.9 Å². The van der Waals surface area contributed by atoms with E-state index in [1.54, 1.807) is 0 Å². The molecule has 3 atom stereocenters. The first-order valence-corrected chi connectivity index (χ1v) is 6.11. The topological polar surface area (TPSA) is 29.5 Å². The number of piperidine rings is 1. The standard InChI is InChI=1S/C12H21NO2/c1-9-10(2)15-12(14)11(9)8-13-6-4-3-5-7-13/h9-11H,3-8H2,1-2H3/t9?,10-,11?/m1/s1. The van der Waals surface area contributed by atoms with Crippen LogP contribution in [0.3, 0.4) is 0 Å². The fraction of sp³-hybridized carbons (Fsp3) is 0.917. The molecule has 0 aromatic rings. The highest BCUT2D eigenvalue weighted by atomic mass is 16.6. The molecule has 0 amide bonds. The molecule has 2 heterocycles. The van der Waals surface area contributed by atoms with Crippen LogP contribution in [0.5, 0.6) is 0 Å². The van der Waals surface area contributed by atoms with E-state index in [0.717, 1.165) is 19.6 Å². The van der Waals surface area contributed by atoms with Crippen LogP contribution in [-0.2, 0) is 9.53 Å². The maximum atomic E-state index is 11.6. The number of ether oxygens (including phenoxy) is 1. The number of carbonyl (C=O) groups is 1. The van der Waals surface area contributed by atoms with Crippen molar-refractivity contribution in [1.82, 2.24) is 4.90 Å². The predicted octanol–water partition coefficient (Wildman–Crippen LogP) is 1.67. The van der Waals surface area contributed by atoms with E-state index >= 15 is 0 Å². The molecule has 0 saturated carbocycles. The van der Waals surface area contributed by atoms with Gasteiger partial charge in [-0.1, -0.05) is 13.3 Å². The Bertz CT molecular complexity index is 236. The summed E-state index contributed by atoms with van der Waals surface area (Å²) in [4.78, 5) is 14.0. The van der Waals surface area contributed by atoms with Crippen LogP contribution < -0.4 is 0 Å². The molecule has 0 spiro atoms. The van der Waals surface area contributed by atoms with Crippen LogP contribution in [0.2, 0.25) is 0 Å². The van der Waals surface area contributed by atoms with Gasteiger partial charge in [0, 0.05) is 12.5 Å². The number of hydrogen-bond donors (Lipinski definition) is 0. The molecule has 0 aromatic carbocycles. The summed E-state index contributed by atoms with van der Waals surface area (Å²) in [5, 5.41) is 0. The van der Waals surface area contributed by atoms with Gasteiger partial charge in [-0.3, -0.25) is 4.79 Å². The van der Waals surface area contributed by atoms with Crippen molar-refractivity contribution in [3.8, 4) is 0 Å². The normalized spacial score (nSPS) is 38.0. The van der Waals surface area contributed by atoms with Crippen LogP contribution in [-0.4, -0.2) is 36.6 Å². The highest BCUT2D eigenvalue weighted by Crippen LogP contribution is 2.29. The highest BCUT2D eigenvalue weighted by Gasteiger charge is 2.40. The molecule has 3 nitrogen and oxygen atoms in total. The molecule has 0 aliphatic carbocycles. The lowest BCUT2D eigenvalue weighted by atomic mass is 9.92. The fourth-order valence-corrected chi connectivity index (χ4v) is 2.58. The molecule has 2 fully saturated rings. The van der Waals surface area contributed by atoms with E-state index in [2.05, 4.69) is 11.8 Å². The minimum Gasteiger partial charge on any atom is -0.462 e. The molecule has 0 radical (unpaired) electrons. The lowest BCUT2D eigenvalue weighted by Gasteiger charge is -2.28. The van der Waals surface area contributed by atoms with Gasteiger partial charge in [0.05, 0.1) is 5.92 Å². The Balaban J connectivity index is 1.90. The molecule has 0 bridgehead atoms. The van der Waals surface area contributed by atoms with Crippen LogP contribution in [0.4, 0.5) is 0 Å². The Morgan fingerprint density at radius 1 is 1.27 bits per heavy atom. The minimum atomic E-state index is 0.0144. The van der Waals surface area contributed by atoms with Gasteiger partial charge in [0.2, 0.25) is 0 Å². The average molecular weight is 211 g/mol. The first-order valence-electron chi connectivity index (χ1n) is 6.11. The van der Waals surface area contributed by atoms with Crippen LogP contribution >= 0.6 is 0 Å². The number of esters is 1. The maximum Gasteiger partial charge on any atom is 0.310 e. The zero-order chi connectivity index (χ0) is 10.8. The average Bonchev–Trinajstić information content (AvgIpc) is 2.47. The first kappa shape index (κ1) is 10.9. The Kier molecular flexibility index (Phi) is 3.29. The number of nitrogens with zero attached hydrogens (tertiary/aromatic N) is 1. The summed E-state index contributed by atoms with van der Waals surface area (Å²) in [6.07, 6.45) is 4.02. The van der Waals surface area contributed by atoms with Crippen molar-refractivity contribution in [2.75, 3.05) is 19.6 Å². The van der Waals surface area contributed by atoms with E-state index in [-0.39, 0.29) is 18.0 Å². The third-order valence-corrected chi connectivity index (χ3v) is 3.88. The molecule has 86 valence electrons. The number of cyclic esters (lactones) is 1. The van der Waals surface area contributed by atoms with E-state index < -0.39 is 0 Å². The smallest absolute Gasteiger partial charge is 0.310 e. The van der Waals surface area contributed by atoms with E-state index in [4.69, 9.17) is 4.74 Å². The van der Waals surface area contributed by atoms with Gasteiger partial charge in [0.1, 0.15) is 6.10 Å². The van der Waals surface area contributed by atoms with Crippen molar-refractivity contribution in [1.29, 1.82) is 0 Å². The van der Waals surface area contributed by atoms with Crippen molar-refractivity contribution in [3.63, 3.8) is 0 Å². The monoisotopic (exact) mass is 211 g/mol. The second kappa shape index (κ2) is 4.52. The molecular formula is C12H21NO2. The third-order valence-electron chi connectivity index (χ3n) is 3.88. The summed E-state index contributed by atoms with van der Waals surface area (Å²) < 4.78 is 5.26. The fourth-order valence-electron chi connectivity index (χ4n) is 2.58. The summed E-state index contributed by atoms with van der Waals surface area (Å²) in [7, 11) is 0. The first-order chi connectivity index (χ1) is 7.18. The molecule has 2 unspecified atom stereocenters. The third kappa shape index (κ3) is 2.33. The lowest BCUT2D eigenvalue weighted by molar-refractivity contribution is -0.144. The van der Waals surface area contributed by atoms with Gasteiger partial charge in [-0.2, -0.15) is 0 Å². The zero-order valence-electron chi connectivity index (χ0n) is 9.74. The lowest BCUT2D eigenvalue weighted by Crippen LogP contribution is -2.37. The van der Waals surface area contributed by atoms with Gasteiger partial charge in [0.25, 0.3) is 0 Å². The molecule has 0 aromatic heterocycles. The van der Waals surface area contributed by atoms with Gasteiger partial charge >= 0.3 is 5.97 Å². The molecule has 2 aliphatic rings. The summed E-state index contributed by atoms with van der Waals surface area (Å²) in [5.41, 5.74) is 0. The van der Waals surface area contributed by atoms with E-state index in [1.165, 1.54) is 19.3 Å². The van der Waals surface area contributed by atoms with E-state index in [9.17, 15) is 4.79 Å². The molecule has 2 aliphatic heterocycles. The van der Waals surface area contributed by atoms with Gasteiger partial charge < -0.3 is 9.64 Å². The molecule has 2 saturated heterocycles. The molecule has 0 N–H and O–H groups in total. The predicted molar refractivity (Wildman–Crippen MR) is 58.5 cm³/mol. The van der Waals surface area contributed by atoms with Gasteiger partial charge in [0.15, 0.2) is 0 Å². The number of hydrogen-bond acceptors (Lipinski definition) is 3. The second-order valence-electron chi connectivity index (χ2n) is 4.97. The summed E-state index contributed by atoms with van der Waals surface area (Å²) in [6, 6.07) is 0. The molecule has 3 heteroatoms. The Morgan fingerprint density at radius 2 is 1.93 bits per heavy atom. The minimum absolute atomic E-state index is 0.0144. The Hall–Kier alpha value is -0.570. The summed E-state index contributed by atoms with van der Waals surface area (Å²) in [5.74, 6) is 0.498. The van der Waals surface area contributed by atoms with E-state index in [1.807, 2.05) is 6.92 Å². The summed E-state index contributed by atoms with van der Waals surface area (Å²) >= 11 is 0. The number of likely N-dealkylation sites (tertiary alicyclic amines) is 1. The van der Waals surface area contributed by atoms with Crippen LogP contribution in [0.1, 0.15) is 33.1 Å². The highest BCUT2D eigenvalue weighted by molar-refractivity contribution is 5.75. The second-order valence-corrected chi connectivity index (χ2v) is 4.97. The van der Waals surface area contributed by atoms with Gasteiger partial charge in [-0.15, -0.1) is 0 Å². The Labute approximate surface area is 91.8 Å². The maximum absolute atomic E-state index is 11.6.